The van der Waals surface area contributed by atoms with Crippen LogP contribution in [0, 0.1) is 0 Å². The molecule has 0 saturated carbocycles. The van der Waals surface area contributed by atoms with E-state index in [-0.39, 0.29) is 0 Å². The van der Waals surface area contributed by atoms with Crippen molar-refractivity contribution in [2.75, 3.05) is 0 Å². The Morgan fingerprint density at radius 3 is 2.77 bits per heavy atom. The Kier molecular flexibility index (Phi) is 4.26. The Balaban J connectivity index is 1.66. The minimum absolute atomic E-state index is 0.654. The molecule has 0 N–H and O–H groups in total. The fourth-order valence-corrected chi connectivity index (χ4v) is 2.93. The minimum atomic E-state index is 0.654. The monoisotopic (exact) mass is 307 g/mol. The van der Waals surface area contributed by atoms with Gasteiger partial charge >= 0.3 is 0 Å². The molecule has 1 aromatic heterocycles. The van der Waals surface area contributed by atoms with Gasteiger partial charge in [0.25, 0.3) is 0 Å². The van der Waals surface area contributed by atoms with Crippen LogP contribution in [0.25, 0.3) is 17.2 Å². The van der Waals surface area contributed by atoms with E-state index in [4.69, 9.17) is 11.6 Å². The van der Waals surface area contributed by atoms with E-state index in [0.29, 0.717) is 5.02 Å². The molecule has 110 valence electrons. The van der Waals surface area contributed by atoms with E-state index >= 15 is 0 Å². The molecule has 2 heteroatoms. The molecule has 1 aromatic carbocycles. The normalized spacial score (nSPS) is 12.2. The first-order chi connectivity index (χ1) is 10.6. The van der Waals surface area contributed by atoms with E-state index in [1.807, 2.05) is 12.1 Å². The molecule has 0 radical (unpaired) electrons. The Morgan fingerprint density at radius 2 is 1.95 bits per heavy atom. The first-order valence-electron chi connectivity index (χ1n) is 7.41. The second-order valence-electron chi connectivity index (χ2n) is 5.56. The predicted octanol–water partition coefficient (Wildman–Crippen LogP) is 5.81. The number of aromatic nitrogens is 1. The van der Waals surface area contributed by atoms with Crippen LogP contribution in [0.4, 0.5) is 0 Å². The molecule has 0 aliphatic heterocycles. The third-order valence-corrected chi connectivity index (χ3v) is 4.32. The van der Waals surface area contributed by atoms with Crippen molar-refractivity contribution in [1.82, 2.24) is 4.98 Å². The summed E-state index contributed by atoms with van der Waals surface area (Å²) >= 11 is 6.16. The van der Waals surface area contributed by atoms with Gasteiger partial charge in [0, 0.05) is 6.20 Å². The van der Waals surface area contributed by atoms with Crippen molar-refractivity contribution in [1.29, 1.82) is 0 Å². The largest absolute Gasteiger partial charge is 0.255 e. The van der Waals surface area contributed by atoms with Gasteiger partial charge in [-0.25, -0.2) is 0 Å². The molecular formula is C20H18ClN. The predicted molar refractivity (Wildman–Crippen MR) is 95.7 cm³/mol. The van der Waals surface area contributed by atoms with Crippen LogP contribution in [0.3, 0.4) is 0 Å². The molecule has 22 heavy (non-hydrogen) atoms. The van der Waals surface area contributed by atoms with Crippen LogP contribution in [0.5, 0.6) is 0 Å². The maximum atomic E-state index is 6.16. The zero-order valence-corrected chi connectivity index (χ0v) is 13.2. The van der Waals surface area contributed by atoms with Gasteiger partial charge in [-0.3, -0.25) is 4.98 Å². The second-order valence-corrected chi connectivity index (χ2v) is 5.97. The average Bonchev–Trinajstić information content (AvgIpc) is 3.00. The van der Waals surface area contributed by atoms with Crippen molar-refractivity contribution < 1.29 is 0 Å². The molecule has 3 rings (SSSR count). The van der Waals surface area contributed by atoms with Crippen LogP contribution >= 0.6 is 11.6 Å². The van der Waals surface area contributed by atoms with Crippen molar-refractivity contribution >= 4 is 28.8 Å². The number of rotatable bonds is 5. The highest BCUT2D eigenvalue weighted by atomic mass is 35.5. The summed E-state index contributed by atoms with van der Waals surface area (Å²) in [6.07, 6.45) is 8.82. The topological polar surface area (TPSA) is 12.9 Å². The van der Waals surface area contributed by atoms with E-state index in [0.717, 1.165) is 36.1 Å². The first kappa shape index (κ1) is 14.8. The van der Waals surface area contributed by atoms with Crippen LogP contribution in [-0.2, 0) is 6.42 Å². The van der Waals surface area contributed by atoms with Crippen LogP contribution in [-0.4, -0.2) is 4.98 Å². The molecule has 0 amide bonds. The Bertz CT molecular complexity index is 771. The maximum Gasteiger partial charge on any atom is 0.0841 e. The summed E-state index contributed by atoms with van der Waals surface area (Å²) in [5.41, 5.74) is 6.76. The van der Waals surface area contributed by atoms with Crippen LogP contribution in [0.15, 0.2) is 55.8 Å². The van der Waals surface area contributed by atoms with E-state index in [9.17, 15) is 0 Å². The van der Waals surface area contributed by atoms with Crippen molar-refractivity contribution in [3.8, 4) is 0 Å². The van der Waals surface area contributed by atoms with E-state index in [1.165, 1.54) is 16.7 Å². The number of hydrogen-bond acceptors (Lipinski definition) is 1. The highest BCUT2D eigenvalue weighted by molar-refractivity contribution is 6.32. The number of nitrogens with zero attached hydrogens (tertiary/aromatic N) is 1. The van der Waals surface area contributed by atoms with Gasteiger partial charge in [0.1, 0.15) is 0 Å². The SMILES string of the molecule is C=C(CCC(=C)c1ncccc1Cl)c1ccc2c(c1)C=CC2. The summed E-state index contributed by atoms with van der Waals surface area (Å²) in [6.45, 7) is 8.33. The van der Waals surface area contributed by atoms with Gasteiger partial charge in [0.2, 0.25) is 0 Å². The molecule has 0 unspecified atom stereocenters. The van der Waals surface area contributed by atoms with Gasteiger partial charge in [-0.15, -0.1) is 0 Å². The fraction of sp³-hybridized carbons (Fsp3) is 0.150. The smallest absolute Gasteiger partial charge is 0.0841 e. The summed E-state index contributed by atoms with van der Waals surface area (Å²) < 4.78 is 0. The summed E-state index contributed by atoms with van der Waals surface area (Å²) in [5.74, 6) is 0. The molecule has 0 bridgehead atoms. The Morgan fingerprint density at radius 1 is 1.14 bits per heavy atom. The number of hydrogen-bond donors (Lipinski definition) is 0. The van der Waals surface area contributed by atoms with Crippen molar-refractivity contribution in [3.63, 3.8) is 0 Å². The summed E-state index contributed by atoms with van der Waals surface area (Å²) in [5, 5.41) is 0.654. The van der Waals surface area contributed by atoms with Gasteiger partial charge in [-0.05, 0) is 65.3 Å². The van der Waals surface area contributed by atoms with Gasteiger partial charge in [-0.1, -0.05) is 49.0 Å². The van der Waals surface area contributed by atoms with E-state index in [2.05, 4.69) is 48.5 Å². The van der Waals surface area contributed by atoms with Gasteiger partial charge in [0.05, 0.1) is 10.7 Å². The molecule has 0 saturated heterocycles. The molecule has 0 atom stereocenters. The molecule has 2 aromatic rings. The van der Waals surface area contributed by atoms with Gasteiger partial charge in [0.15, 0.2) is 0 Å². The lowest BCUT2D eigenvalue weighted by Gasteiger charge is -2.10. The molecule has 1 aliphatic carbocycles. The fourth-order valence-electron chi connectivity index (χ4n) is 2.68. The molecule has 1 nitrogen and oxygen atoms in total. The third kappa shape index (κ3) is 3.05. The summed E-state index contributed by atoms with van der Waals surface area (Å²) in [4.78, 5) is 4.31. The number of benzene rings is 1. The highest BCUT2D eigenvalue weighted by Crippen LogP contribution is 2.29. The number of halogens is 1. The van der Waals surface area contributed by atoms with Crippen molar-refractivity contribution in [3.05, 3.63) is 83.2 Å². The zero-order chi connectivity index (χ0) is 15.5. The van der Waals surface area contributed by atoms with Gasteiger partial charge < -0.3 is 0 Å². The number of pyridine rings is 1. The number of allylic oxidation sites excluding steroid dienone is 3. The Labute approximate surface area is 136 Å². The average molecular weight is 308 g/mol. The van der Waals surface area contributed by atoms with Crippen molar-refractivity contribution in [2.45, 2.75) is 19.3 Å². The molecule has 1 aliphatic rings. The van der Waals surface area contributed by atoms with Crippen LogP contribution in [0.2, 0.25) is 5.02 Å². The molecule has 0 fully saturated rings. The standard InChI is InChI=1S/C20H18ClN/c1-14(17-11-10-16-5-3-6-18(16)13-17)8-9-15(2)20-19(21)7-4-12-22-20/h3-4,6-7,10-13H,1-2,5,8-9H2. The van der Waals surface area contributed by atoms with Crippen molar-refractivity contribution in [2.24, 2.45) is 0 Å². The maximum absolute atomic E-state index is 6.16. The summed E-state index contributed by atoms with van der Waals surface area (Å²) in [7, 11) is 0. The molecule has 0 spiro atoms. The minimum Gasteiger partial charge on any atom is -0.255 e. The van der Waals surface area contributed by atoms with E-state index < -0.39 is 0 Å². The quantitative estimate of drug-likeness (QED) is 0.679. The third-order valence-electron chi connectivity index (χ3n) is 4.01. The molecule has 1 heterocycles. The van der Waals surface area contributed by atoms with Gasteiger partial charge in [-0.2, -0.15) is 0 Å². The Hall–Kier alpha value is -2.12. The molecular weight excluding hydrogens is 290 g/mol. The second kappa shape index (κ2) is 6.33. The van der Waals surface area contributed by atoms with E-state index in [1.54, 1.807) is 6.20 Å². The lowest BCUT2D eigenvalue weighted by atomic mass is 9.96. The zero-order valence-electron chi connectivity index (χ0n) is 12.5. The lowest BCUT2D eigenvalue weighted by Crippen LogP contribution is -1.92. The highest BCUT2D eigenvalue weighted by Gasteiger charge is 2.09. The van der Waals surface area contributed by atoms with Crippen LogP contribution in [0.1, 0.15) is 35.2 Å². The number of fused-ring (bicyclic) bond motifs is 1. The first-order valence-corrected chi connectivity index (χ1v) is 7.79. The summed E-state index contributed by atoms with van der Waals surface area (Å²) in [6, 6.07) is 10.2. The lowest BCUT2D eigenvalue weighted by molar-refractivity contribution is 1.07. The van der Waals surface area contributed by atoms with Crippen LogP contribution < -0.4 is 0 Å².